The molecule has 1 unspecified atom stereocenters. The molecule has 1 aromatic carbocycles. The number of rotatable bonds is 11. The molecular formula is C21H30N4O3S. The van der Waals surface area contributed by atoms with Crippen molar-refractivity contribution in [2.24, 2.45) is 5.92 Å². The second-order valence-corrected chi connectivity index (χ2v) is 9.84. The van der Waals surface area contributed by atoms with E-state index in [1.807, 2.05) is 18.2 Å². The topological polar surface area (TPSA) is 103 Å². The van der Waals surface area contributed by atoms with Crippen molar-refractivity contribution in [3.8, 4) is 0 Å². The number of β-amino-alcohol motifs (C(OH)–C–C–N with tert-alkyl or cyclic N) is 1. The highest BCUT2D eigenvalue weighted by atomic mass is 32.2. The molecule has 158 valence electrons. The number of pyridine rings is 1. The minimum absolute atomic E-state index is 0.240. The van der Waals surface area contributed by atoms with E-state index in [1.165, 1.54) is 0 Å². The fourth-order valence-corrected chi connectivity index (χ4v) is 4.04. The van der Waals surface area contributed by atoms with Gasteiger partial charge in [0, 0.05) is 42.3 Å². The second kappa shape index (κ2) is 9.21. The van der Waals surface area contributed by atoms with Gasteiger partial charge in [-0.05, 0) is 62.8 Å². The Kier molecular flexibility index (Phi) is 6.89. The summed E-state index contributed by atoms with van der Waals surface area (Å²) >= 11 is 0. The largest absolute Gasteiger partial charge is 0.387 e. The summed E-state index contributed by atoms with van der Waals surface area (Å²) < 4.78 is 29.2. The Morgan fingerprint density at radius 3 is 2.55 bits per heavy atom. The van der Waals surface area contributed by atoms with Gasteiger partial charge < -0.3 is 10.4 Å². The molecule has 0 amide bonds. The van der Waals surface area contributed by atoms with Crippen LogP contribution >= 0.6 is 0 Å². The molecule has 0 aliphatic heterocycles. The average molecular weight is 419 g/mol. The van der Waals surface area contributed by atoms with Gasteiger partial charge in [-0.25, -0.2) is 0 Å². The summed E-state index contributed by atoms with van der Waals surface area (Å²) in [6.45, 7) is 5.06. The van der Waals surface area contributed by atoms with E-state index in [0.717, 1.165) is 30.4 Å². The number of benzene rings is 1. The van der Waals surface area contributed by atoms with Gasteiger partial charge in [0.05, 0.1) is 6.10 Å². The number of hydrogen-bond acceptors (Lipinski definition) is 5. The first-order chi connectivity index (χ1) is 13.7. The lowest BCUT2D eigenvalue weighted by molar-refractivity contribution is 0.160. The Balaban J connectivity index is 1.49. The van der Waals surface area contributed by atoms with Gasteiger partial charge in [-0.3, -0.25) is 9.71 Å². The zero-order valence-electron chi connectivity index (χ0n) is 16.9. The molecule has 1 saturated carbocycles. The molecule has 4 N–H and O–H groups in total. The maximum atomic E-state index is 12.1. The van der Waals surface area contributed by atoms with Crippen molar-refractivity contribution < 1.29 is 13.5 Å². The van der Waals surface area contributed by atoms with Gasteiger partial charge in [0.15, 0.2) is 0 Å². The summed E-state index contributed by atoms with van der Waals surface area (Å²) in [5.41, 5.74) is 2.15. The summed E-state index contributed by atoms with van der Waals surface area (Å²) in [6.07, 6.45) is 5.65. The van der Waals surface area contributed by atoms with E-state index in [4.69, 9.17) is 0 Å². The van der Waals surface area contributed by atoms with E-state index >= 15 is 0 Å². The number of aliphatic hydroxyl groups is 1. The molecule has 1 heterocycles. The molecule has 7 nitrogen and oxygen atoms in total. The predicted molar refractivity (Wildman–Crippen MR) is 115 cm³/mol. The third kappa shape index (κ3) is 7.40. The highest BCUT2D eigenvalue weighted by molar-refractivity contribution is 7.90. The van der Waals surface area contributed by atoms with Crippen LogP contribution in [0.5, 0.6) is 0 Å². The van der Waals surface area contributed by atoms with Gasteiger partial charge in [0.25, 0.3) is 10.2 Å². The maximum absolute atomic E-state index is 12.1. The van der Waals surface area contributed by atoms with Gasteiger partial charge in [0.1, 0.15) is 0 Å². The second-order valence-electron chi connectivity index (χ2n) is 8.34. The Morgan fingerprint density at radius 2 is 1.93 bits per heavy atom. The van der Waals surface area contributed by atoms with E-state index in [9.17, 15) is 13.5 Å². The molecule has 3 rings (SSSR count). The number of aliphatic hydroxyl groups excluding tert-OH is 1. The van der Waals surface area contributed by atoms with Crippen LogP contribution in [0.4, 0.5) is 5.69 Å². The Bertz CT molecular complexity index is 882. The van der Waals surface area contributed by atoms with Crippen molar-refractivity contribution in [3.63, 3.8) is 0 Å². The molecule has 1 fully saturated rings. The van der Waals surface area contributed by atoms with Crippen LogP contribution in [0.2, 0.25) is 0 Å². The van der Waals surface area contributed by atoms with E-state index < -0.39 is 16.3 Å². The minimum Gasteiger partial charge on any atom is -0.387 e. The minimum atomic E-state index is -3.53. The van der Waals surface area contributed by atoms with Gasteiger partial charge in [-0.15, -0.1) is 0 Å². The van der Waals surface area contributed by atoms with Crippen molar-refractivity contribution in [3.05, 3.63) is 59.9 Å². The standard InChI is InChI=1S/C21H30N4O3S/c1-21(2,23-15-20(26)18-4-3-11-22-14-18)12-16-7-9-19(10-8-16)25-29(27,28)24-13-17-5-6-17/h3-4,7-11,14,17,20,23-26H,5-6,12-13,15H2,1-2H3. The molecular weight excluding hydrogens is 388 g/mol. The van der Waals surface area contributed by atoms with Gasteiger partial charge in [0.2, 0.25) is 0 Å². The molecule has 29 heavy (non-hydrogen) atoms. The molecule has 0 bridgehead atoms. The number of hydrogen-bond donors (Lipinski definition) is 4. The van der Waals surface area contributed by atoms with Crippen LogP contribution in [0.1, 0.15) is 43.9 Å². The molecule has 1 aromatic heterocycles. The Labute approximate surface area is 173 Å². The summed E-state index contributed by atoms with van der Waals surface area (Å²) in [5.74, 6) is 0.486. The van der Waals surface area contributed by atoms with Crippen LogP contribution in [0, 0.1) is 5.92 Å². The van der Waals surface area contributed by atoms with E-state index in [0.29, 0.717) is 24.7 Å². The molecule has 8 heteroatoms. The smallest absolute Gasteiger partial charge is 0.299 e. The average Bonchev–Trinajstić information content (AvgIpc) is 3.51. The van der Waals surface area contributed by atoms with Crippen LogP contribution < -0.4 is 14.8 Å². The zero-order valence-corrected chi connectivity index (χ0v) is 17.7. The number of nitrogens with one attached hydrogen (secondary N) is 3. The van der Waals surface area contributed by atoms with Crippen molar-refractivity contribution in [1.29, 1.82) is 0 Å². The first-order valence-corrected chi connectivity index (χ1v) is 11.4. The third-order valence-corrected chi connectivity index (χ3v) is 6.01. The highest BCUT2D eigenvalue weighted by Gasteiger charge is 2.23. The number of aromatic nitrogens is 1. The van der Waals surface area contributed by atoms with Crippen molar-refractivity contribution in [2.75, 3.05) is 17.8 Å². The highest BCUT2D eigenvalue weighted by Crippen LogP contribution is 2.27. The fourth-order valence-electron chi connectivity index (χ4n) is 3.07. The van der Waals surface area contributed by atoms with Crippen molar-refractivity contribution in [1.82, 2.24) is 15.0 Å². The van der Waals surface area contributed by atoms with E-state index in [2.05, 4.69) is 33.6 Å². The van der Waals surface area contributed by atoms with Crippen LogP contribution in [-0.2, 0) is 16.6 Å². The molecule has 1 aliphatic carbocycles. The SMILES string of the molecule is CC(C)(Cc1ccc(NS(=O)(=O)NCC2CC2)cc1)NCC(O)c1cccnc1. The monoisotopic (exact) mass is 418 g/mol. The van der Waals surface area contributed by atoms with Crippen LogP contribution in [0.25, 0.3) is 0 Å². The Hall–Kier alpha value is -2.00. The molecule has 0 radical (unpaired) electrons. The zero-order chi connectivity index (χ0) is 20.9. The first-order valence-electron chi connectivity index (χ1n) is 9.92. The van der Waals surface area contributed by atoms with Gasteiger partial charge in [-0.1, -0.05) is 18.2 Å². The van der Waals surface area contributed by atoms with Crippen molar-refractivity contribution in [2.45, 2.75) is 44.8 Å². The number of anilines is 1. The lowest BCUT2D eigenvalue weighted by Gasteiger charge is -2.28. The summed E-state index contributed by atoms with van der Waals surface area (Å²) in [6, 6.07) is 11.0. The summed E-state index contributed by atoms with van der Waals surface area (Å²) in [7, 11) is -3.53. The Morgan fingerprint density at radius 1 is 1.21 bits per heavy atom. The van der Waals surface area contributed by atoms with E-state index in [-0.39, 0.29) is 5.54 Å². The molecule has 0 spiro atoms. The van der Waals surface area contributed by atoms with Crippen LogP contribution in [-0.4, -0.2) is 37.1 Å². The van der Waals surface area contributed by atoms with Crippen molar-refractivity contribution >= 4 is 15.9 Å². The molecule has 1 atom stereocenters. The fraction of sp³-hybridized carbons (Fsp3) is 0.476. The van der Waals surface area contributed by atoms with Gasteiger partial charge >= 0.3 is 0 Å². The quantitative estimate of drug-likeness (QED) is 0.449. The van der Waals surface area contributed by atoms with Crippen LogP contribution in [0.15, 0.2) is 48.8 Å². The lowest BCUT2D eigenvalue weighted by atomic mass is 9.94. The molecule has 2 aromatic rings. The van der Waals surface area contributed by atoms with E-state index in [1.54, 1.807) is 30.6 Å². The third-order valence-electron chi connectivity index (χ3n) is 4.95. The first kappa shape index (κ1) is 21.7. The molecule has 1 aliphatic rings. The van der Waals surface area contributed by atoms with Crippen LogP contribution in [0.3, 0.4) is 0 Å². The predicted octanol–water partition coefficient (Wildman–Crippen LogP) is 2.38. The summed E-state index contributed by atoms with van der Waals surface area (Å²) in [4.78, 5) is 4.03. The normalized spacial score (nSPS) is 15.8. The lowest BCUT2D eigenvalue weighted by Crippen LogP contribution is -2.43. The van der Waals surface area contributed by atoms with Gasteiger partial charge in [-0.2, -0.15) is 13.1 Å². The summed E-state index contributed by atoms with van der Waals surface area (Å²) in [5, 5.41) is 13.7. The maximum Gasteiger partial charge on any atom is 0.299 e. The number of nitrogens with zero attached hydrogens (tertiary/aromatic N) is 1. The molecule has 0 saturated heterocycles.